The van der Waals surface area contributed by atoms with Gasteiger partial charge >= 0.3 is 6.18 Å². The summed E-state index contributed by atoms with van der Waals surface area (Å²) in [5.74, 6) is -0.920. The summed E-state index contributed by atoms with van der Waals surface area (Å²) in [7, 11) is 0. The van der Waals surface area contributed by atoms with E-state index in [9.17, 15) is 23.1 Å². The monoisotopic (exact) mass is 381 g/mol. The first kappa shape index (κ1) is 18.2. The number of hydrogen-bond acceptors (Lipinski definition) is 4. The van der Waals surface area contributed by atoms with E-state index in [0.717, 1.165) is 12.1 Å². The third-order valence-electron chi connectivity index (χ3n) is 3.91. The van der Waals surface area contributed by atoms with Crippen molar-refractivity contribution < 1.29 is 27.5 Å². The normalized spacial score (nSPS) is 14.0. The van der Waals surface area contributed by atoms with Crippen molar-refractivity contribution in [2.24, 2.45) is 0 Å². The van der Waals surface area contributed by atoms with Crippen molar-refractivity contribution in [2.75, 3.05) is 6.54 Å². The number of furan rings is 1. The molecule has 1 unspecified atom stereocenters. The zero-order valence-electron chi connectivity index (χ0n) is 13.3. The van der Waals surface area contributed by atoms with Crippen molar-refractivity contribution in [3.05, 3.63) is 81.9 Å². The van der Waals surface area contributed by atoms with Gasteiger partial charge in [0.05, 0.1) is 30.2 Å². The van der Waals surface area contributed by atoms with Crippen LogP contribution in [0, 0.1) is 0 Å². The van der Waals surface area contributed by atoms with Gasteiger partial charge in [0.15, 0.2) is 0 Å². The van der Waals surface area contributed by atoms with Gasteiger partial charge < -0.3 is 14.8 Å². The van der Waals surface area contributed by atoms with Crippen molar-refractivity contribution in [3.63, 3.8) is 0 Å². The topological polar surface area (TPSA) is 62.5 Å². The third kappa shape index (κ3) is 3.51. The van der Waals surface area contributed by atoms with Gasteiger partial charge in [0.25, 0.3) is 5.91 Å². The molecule has 0 fully saturated rings. The SMILES string of the molecule is O=C(NCC(O)(c1ccoc1)c1cccs1)c1ccccc1C(F)(F)F. The summed E-state index contributed by atoms with van der Waals surface area (Å²) in [6, 6.07) is 9.45. The van der Waals surface area contributed by atoms with E-state index in [1.54, 1.807) is 17.5 Å². The maximum absolute atomic E-state index is 13.1. The molecule has 26 heavy (non-hydrogen) atoms. The molecular formula is C18H14F3NO3S. The van der Waals surface area contributed by atoms with Crippen molar-refractivity contribution in [1.82, 2.24) is 5.32 Å². The fraction of sp³-hybridized carbons (Fsp3) is 0.167. The summed E-state index contributed by atoms with van der Waals surface area (Å²) < 4.78 is 44.3. The number of hydrogen-bond donors (Lipinski definition) is 2. The van der Waals surface area contributed by atoms with E-state index in [0.29, 0.717) is 10.4 Å². The minimum atomic E-state index is -4.65. The van der Waals surface area contributed by atoms with Gasteiger partial charge in [-0.1, -0.05) is 18.2 Å². The van der Waals surface area contributed by atoms with Crippen LogP contribution in [0.2, 0.25) is 0 Å². The Labute approximate surface area is 150 Å². The van der Waals surface area contributed by atoms with E-state index >= 15 is 0 Å². The average Bonchev–Trinajstić information content (AvgIpc) is 3.32. The van der Waals surface area contributed by atoms with E-state index in [1.807, 2.05) is 0 Å². The standard InChI is InChI=1S/C18H14F3NO3S/c19-18(20,21)14-5-2-1-4-13(14)16(23)22-11-17(24,12-7-8-25-10-12)15-6-3-9-26-15/h1-10,24H,11H2,(H,22,23). The number of amides is 1. The van der Waals surface area contributed by atoms with E-state index in [4.69, 9.17) is 4.42 Å². The Bertz CT molecular complexity index is 839. The molecule has 136 valence electrons. The van der Waals surface area contributed by atoms with Crippen molar-refractivity contribution >= 4 is 17.2 Å². The van der Waals surface area contributed by atoms with Crippen LogP contribution < -0.4 is 5.32 Å². The maximum Gasteiger partial charge on any atom is 0.417 e. The van der Waals surface area contributed by atoms with Crippen LogP contribution in [0.3, 0.4) is 0 Å². The molecule has 0 radical (unpaired) electrons. The molecule has 0 bridgehead atoms. The summed E-state index contributed by atoms with van der Waals surface area (Å²) in [6.45, 7) is -0.307. The smallest absolute Gasteiger partial charge is 0.417 e. The molecule has 2 aromatic heterocycles. The molecular weight excluding hydrogens is 367 g/mol. The largest absolute Gasteiger partial charge is 0.472 e. The predicted molar refractivity (Wildman–Crippen MR) is 89.8 cm³/mol. The number of thiophene rings is 1. The van der Waals surface area contributed by atoms with Gasteiger partial charge in [0.2, 0.25) is 0 Å². The number of carbonyl (C=O) groups is 1. The lowest BCUT2D eigenvalue weighted by molar-refractivity contribution is -0.137. The second kappa shape index (κ2) is 6.97. The van der Waals surface area contributed by atoms with Crippen LogP contribution in [0.15, 0.2) is 64.8 Å². The van der Waals surface area contributed by atoms with Crippen LogP contribution in [0.1, 0.15) is 26.4 Å². The number of halogens is 3. The summed E-state index contributed by atoms with van der Waals surface area (Å²) in [5.41, 5.74) is -2.74. The lowest BCUT2D eigenvalue weighted by Gasteiger charge is -2.26. The number of aliphatic hydroxyl groups is 1. The van der Waals surface area contributed by atoms with Crippen LogP contribution >= 0.6 is 11.3 Å². The molecule has 1 aromatic carbocycles. The van der Waals surface area contributed by atoms with Gasteiger partial charge in [-0.2, -0.15) is 13.2 Å². The Kier molecular flexibility index (Phi) is 4.88. The first-order valence-electron chi connectivity index (χ1n) is 7.56. The average molecular weight is 381 g/mol. The van der Waals surface area contributed by atoms with E-state index in [1.165, 1.54) is 42.1 Å². The molecule has 0 saturated carbocycles. The van der Waals surface area contributed by atoms with Crippen LogP contribution in [0.4, 0.5) is 13.2 Å². The van der Waals surface area contributed by atoms with Crippen molar-refractivity contribution in [3.8, 4) is 0 Å². The van der Waals surface area contributed by atoms with Gasteiger partial charge in [0.1, 0.15) is 5.60 Å². The van der Waals surface area contributed by atoms with E-state index in [2.05, 4.69) is 5.32 Å². The molecule has 0 aliphatic heterocycles. The maximum atomic E-state index is 13.1. The number of rotatable bonds is 5. The highest BCUT2D eigenvalue weighted by Gasteiger charge is 2.37. The third-order valence-corrected chi connectivity index (χ3v) is 4.93. The van der Waals surface area contributed by atoms with Crippen LogP contribution in [-0.2, 0) is 11.8 Å². The van der Waals surface area contributed by atoms with Gasteiger partial charge in [-0.3, -0.25) is 4.79 Å². The lowest BCUT2D eigenvalue weighted by Crippen LogP contribution is -2.41. The minimum absolute atomic E-state index is 0.307. The lowest BCUT2D eigenvalue weighted by atomic mass is 9.94. The van der Waals surface area contributed by atoms with Crippen molar-refractivity contribution in [2.45, 2.75) is 11.8 Å². The molecule has 3 aromatic rings. The number of benzene rings is 1. The van der Waals surface area contributed by atoms with Gasteiger partial charge in [-0.25, -0.2) is 0 Å². The van der Waals surface area contributed by atoms with Crippen molar-refractivity contribution in [1.29, 1.82) is 0 Å². The Balaban J connectivity index is 1.86. The first-order chi connectivity index (χ1) is 12.3. The van der Waals surface area contributed by atoms with Crippen LogP contribution in [0.25, 0.3) is 0 Å². The second-order valence-corrected chi connectivity index (χ2v) is 6.52. The van der Waals surface area contributed by atoms with E-state index in [-0.39, 0.29) is 6.54 Å². The molecule has 4 nitrogen and oxygen atoms in total. The van der Waals surface area contributed by atoms with E-state index < -0.39 is 28.8 Å². The molecule has 1 atom stereocenters. The fourth-order valence-electron chi connectivity index (χ4n) is 2.58. The molecule has 8 heteroatoms. The number of carbonyl (C=O) groups excluding carboxylic acids is 1. The highest BCUT2D eigenvalue weighted by molar-refractivity contribution is 7.10. The Morgan fingerprint density at radius 2 is 1.92 bits per heavy atom. The van der Waals surface area contributed by atoms with Crippen LogP contribution in [0.5, 0.6) is 0 Å². The molecule has 2 heterocycles. The second-order valence-electron chi connectivity index (χ2n) is 5.58. The summed E-state index contributed by atoms with van der Waals surface area (Å²) in [6.07, 6.45) is -1.95. The molecule has 0 aliphatic rings. The highest BCUT2D eigenvalue weighted by Crippen LogP contribution is 2.34. The highest BCUT2D eigenvalue weighted by atomic mass is 32.1. The minimum Gasteiger partial charge on any atom is -0.472 e. The first-order valence-corrected chi connectivity index (χ1v) is 8.44. The summed E-state index contributed by atoms with van der Waals surface area (Å²) in [5, 5.41) is 15.2. The molecule has 3 rings (SSSR count). The molecule has 0 spiro atoms. The molecule has 2 N–H and O–H groups in total. The number of nitrogens with one attached hydrogen (secondary N) is 1. The van der Waals surface area contributed by atoms with Gasteiger partial charge in [-0.05, 0) is 29.6 Å². The Hall–Kier alpha value is -2.58. The van der Waals surface area contributed by atoms with Crippen LogP contribution in [-0.4, -0.2) is 17.6 Å². The zero-order valence-corrected chi connectivity index (χ0v) is 14.1. The Morgan fingerprint density at radius 3 is 2.54 bits per heavy atom. The zero-order chi connectivity index (χ0) is 18.8. The summed E-state index contributed by atoms with van der Waals surface area (Å²) >= 11 is 1.26. The fourth-order valence-corrected chi connectivity index (χ4v) is 3.42. The molecule has 0 aliphatic carbocycles. The predicted octanol–water partition coefficient (Wildman–Crippen LogP) is 4.03. The summed E-state index contributed by atoms with van der Waals surface area (Å²) in [4.78, 5) is 12.9. The Morgan fingerprint density at radius 1 is 1.15 bits per heavy atom. The number of alkyl halides is 3. The van der Waals surface area contributed by atoms with Gasteiger partial charge in [-0.15, -0.1) is 11.3 Å². The molecule has 0 saturated heterocycles. The van der Waals surface area contributed by atoms with Gasteiger partial charge in [0, 0.05) is 10.4 Å². The quantitative estimate of drug-likeness (QED) is 0.702. The molecule has 1 amide bonds.